The lowest BCUT2D eigenvalue weighted by molar-refractivity contribution is 0.415. The van der Waals surface area contributed by atoms with Crippen molar-refractivity contribution in [3.05, 3.63) is 41.1 Å². The Kier molecular flexibility index (Phi) is 2.84. The summed E-state index contributed by atoms with van der Waals surface area (Å²) in [5.41, 5.74) is 0.812. The molecule has 0 fully saturated rings. The van der Waals surface area contributed by atoms with Gasteiger partial charge in [-0.1, -0.05) is 11.6 Å². The van der Waals surface area contributed by atoms with Crippen LogP contribution in [0.5, 0.6) is 5.75 Å². The SMILES string of the molecule is COc1ccc(-c2ccc(C#N)o2)cc1Cl. The molecule has 16 heavy (non-hydrogen) atoms. The van der Waals surface area contributed by atoms with Gasteiger partial charge in [0.05, 0.1) is 12.1 Å². The van der Waals surface area contributed by atoms with Crippen LogP contribution in [0.1, 0.15) is 5.76 Å². The number of methoxy groups -OCH3 is 1. The summed E-state index contributed by atoms with van der Waals surface area (Å²) >= 11 is 5.99. The molecule has 0 amide bonds. The zero-order valence-corrected chi connectivity index (χ0v) is 9.28. The van der Waals surface area contributed by atoms with E-state index in [1.165, 1.54) is 0 Å². The van der Waals surface area contributed by atoms with Crippen molar-refractivity contribution in [2.75, 3.05) is 7.11 Å². The summed E-state index contributed by atoms with van der Waals surface area (Å²) in [4.78, 5) is 0. The Balaban J connectivity index is 2.42. The molecule has 1 aromatic carbocycles. The van der Waals surface area contributed by atoms with Gasteiger partial charge in [-0.25, -0.2) is 0 Å². The molecule has 1 heterocycles. The fourth-order valence-electron chi connectivity index (χ4n) is 1.37. The average Bonchev–Trinajstić information content (AvgIpc) is 2.77. The topological polar surface area (TPSA) is 46.2 Å². The predicted octanol–water partition coefficient (Wildman–Crippen LogP) is 3.48. The number of nitrogens with zero attached hydrogens (tertiary/aromatic N) is 1. The highest BCUT2D eigenvalue weighted by Gasteiger charge is 2.07. The van der Waals surface area contributed by atoms with E-state index in [4.69, 9.17) is 26.0 Å². The van der Waals surface area contributed by atoms with E-state index in [0.717, 1.165) is 5.56 Å². The molecule has 0 aliphatic heterocycles. The number of furan rings is 1. The van der Waals surface area contributed by atoms with Crippen LogP contribution in [0.15, 0.2) is 34.7 Å². The van der Waals surface area contributed by atoms with E-state index < -0.39 is 0 Å². The molecule has 0 spiro atoms. The van der Waals surface area contributed by atoms with E-state index in [1.807, 2.05) is 12.1 Å². The van der Waals surface area contributed by atoms with E-state index in [-0.39, 0.29) is 5.76 Å². The molecule has 2 aromatic rings. The lowest BCUT2D eigenvalue weighted by Gasteiger charge is -2.03. The lowest BCUT2D eigenvalue weighted by Crippen LogP contribution is -1.84. The molecule has 0 aliphatic carbocycles. The van der Waals surface area contributed by atoms with Crippen molar-refractivity contribution in [2.45, 2.75) is 0 Å². The summed E-state index contributed by atoms with van der Waals surface area (Å²) in [6.45, 7) is 0. The van der Waals surface area contributed by atoms with Crippen LogP contribution in [-0.2, 0) is 0 Å². The van der Waals surface area contributed by atoms with E-state index >= 15 is 0 Å². The van der Waals surface area contributed by atoms with Gasteiger partial charge in [0.1, 0.15) is 17.6 Å². The molecule has 0 saturated carbocycles. The maximum Gasteiger partial charge on any atom is 0.204 e. The Morgan fingerprint density at radius 1 is 1.31 bits per heavy atom. The summed E-state index contributed by atoms with van der Waals surface area (Å²) in [5, 5.41) is 9.15. The van der Waals surface area contributed by atoms with Crippen molar-refractivity contribution in [3.63, 3.8) is 0 Å². The minimum absolute atomic E-state index is 0.280. The molecule has 0 bridgehead atoms. The van der Waals surface area contributed by atoms with E-state index in [2.05, 4.69) is 0 Å². The van der Waals surface area contributed by atoms with Crippen LogP contribution in [0.2, 0.25) is 5.02 Å². The zero-order valence-electron chi connectivity index (χ0n) is 8.53. The fraction of sp³-hybridized carbons (Fsp3) is 0.0833. The number of hydrogen-bond donors (Lipinski definition) is 0. The quantitative estimate of drug-likeness (QED) is 0.798. The van der Waals surface area contributed by atoms with Crippen molar-refractivity contribution in [1.82, 2.24) is 0 Å². The van der Waals surface area contributed by atoms with Gasteiger partial charge in [0, 0.05) is 5.56 Å². The van der Waals surface area contributed by atoms with Crippen molar-refractivity contribution in [3.8, 4) is 23.1 Å². The monoisotopic (exact) mass is 233 g/mol. The molecule has 0 radical (unpaired) electrons. The number of rotatable bonds is 2. The Bertz CT molecular complexity index is 554. The van der Waals surface area contributed by atoms with Gasteiger partial charge in [0.25, 0.3) is 0 Å². The number of benzene rings is 1. The minimum Gasteiger partial charge on any atom is -0.495 e. The number of hydrogen-bond acceptors (Lipinski definition) is 3. The molecular formula is C12H8ClNO2. The standard InChI is InChI=1S/C12H8ClNO2/c1-15-12-4-2-8(6-10(12)13)11-5-3-9(7-14)16-11/h2-6H,1H3. The van der Waals surface area contributed by atoms with E-state index in [1.54, 1.807) is 31.4 Å². The van der Waals surface area contributed by atoms with Gasteiger partial charge in [0.2, 0.25) is 5.76 Å². The Hall–Kier alpha value is -1.92. The molecule has 0 saturated heterocycles. The summed E-state index contributed by atoms with van der Waals surface area (Å²) in [5.74, 6) is 1.50. The van der Waals surface area contributed by atoms with Gasteiger partial charge < -0.3 is 9.15 Å². The maximum absolute atomic E-state index is 8.64. The summed E-state index contributed by atoms with van der Waals surface area (Å²) in [7, 11) is 1.56. The minimum atomic E-state index is 0.280. The molecular weight excluding hydrogens is 226 g/mol. The third-order valence-electron chi connectivity index (χ3n) is 2.15. The summed E-state index contributed by atoms with van der Waals surface area (Å²) in [6, 6.07) is 10.6. The van der Waals surface area contributed by atoms with Gasteiger partial charge in [-0.15, -0.1) is 0 Å². The van der Waals surface area contributed by atoms with Crippen LogP contribution >= 0.6 is 11.6 Å². The van der Waals surface area contributed by atoms with Gasteiger partial charge in [-0.2, -0.15) is 5.26 Å². The van der Waals surface area contributed by atoms with Gasteiger partial charge in [-0.05, 0) is 30.3 Å². The average molecular weight is 234 g/mol. The molecule has 0 N–H and O–H groups in total. The van der Waals surface area contributed by atoms with Crippen LogP contribution < -0.4 is 4.74 Å². The lowest BCUT2D eigenvalue weighted by atomic mass is 10.2. The number of nitriles is 1. The number of halogens is 1. The third kappa shape index (κ3) is 1.88. The van der Waals surface area contributed by atoms with Crippen molar-refractivity contribution in [2.24, 2.45) is 0 Å². The molecule has 80 valence electrons. The molecule has 4 heteroatoms. The van der Waals surface area contributed by atoms with Crippen LogP contribution in [0, 0.1) is 11.3 Å². The highest BCUT2D eigenvalue weighted by atomic mass is 35.5. The molecule has 1 aromatic heterocycles. The van der Waals surface area contributed by atoms with Gasteiger partial charge in [-0.3, -0.25) is 0 Å². The largest absolute Gasteiger partial charge is 0.495 e. The predicted molar refractivity (Wildman–Crippen MR) is 60.4 cm³/mol. The molecule has 2 rings (SSSR count). The number of ether oxygens (including phenoxy) is 1. The first-order chi connectivity index (χ1) is 7.74. The summed E-state index contributed by atoms with van der Waals surface area (Å²) in [6.07, 6.45) is 0. The van der Waals surface area contributed by atoms with Gasteiger partial charge >= 0.3 is 0 Å². The second-order valence-electron chi connectivity index (χ2n) is 3.13. The first kappa shape index (κ1) is 10.6. The van der Waals surface area contributed by atoms with Crippen molar-refractivity contribution in [1.29, 1.82) is 5.26 Å². The smallest absolute Gasteiger partial charge is 0.204 e. The summed E-state index contributed by atoms with van der Waals surface area (Å²) < 4.78 is 10.3. The first-order valence-corrected chi connectivity index (χ1v) is 4.96. The Morgan fingerprint density at radius 3 is 2.69 bits per heavy atom. The highest BCUT2D eigenvalue weighted by molar-refractivity contribution is 6.32. The van der Waals surface area contributed by atoms with Crippen LogP contribution in [-0.4, -0.2) is 7.11 Å². The molecule has 0 unspecified atom stereocenters. The van der Waals surface area contributed by atoms with Crippen LogP contribution in [0.3, 0.4) is 0 Å². The van der Waals surface area contributed by atoms with Crippen molar-refractivity contribution >= 4 is 11.6 Å². The highest BCUT2D eigenvalue weighted by Crippen LogP contribution is 2.30. The zero-order chi connectivity index (χ0) is 11.5. The molecule has 3 nitrogen and oxygen atoms in total. The van der Waals surface area contributed by atoms with E-state index in [0.29, 0.717) is 16.5 Å². The molecule has 0 atom stereocenters. The second kappa shape index (κ2) is 4.30. The molecule has 0 aliphatic rings. The first-order valence-electron chi connectivity index (χ1n) is 4.58. The van der Waals surface area contributed by atoms with Crippen LogP contribution in [0.4, 0.5) is 0 Å². The third-order valence-corrected chi connectivity index (χ3v) is 2.45. The van der Waals surface area contributed by atoms with Crippen molar-refractivity contribution < 1.29 is 9.15 Å². The Morgan fingerprint density at radius 2 is 2.12 bits per heavy atom. The maximum atomic E-state index is 8.64. The second-order valence-corrected chi connectivity index (χ2v) is 3.53. The van der Waals surface area contributed by atoms with Crippen LogP contribution in [0.25, 0.3) is 11.3 Å². The van der Waals surface area contributed by atoms with Gasteiger partial charge in [0.15, 0.2) is 0 Å². The fourth-order valence-corrected chi connectivity index (χ4v) is 1.63. The Labute approximate surface area is 97.8 Å². The van der Waals surface area contributed by atoms with E-state index in [9.17, 15) is 0 Å². The normalized spacial score (nSPS) is 9.81.